The Kier molecular flexibility index (Phi) is 4.57. The maximum Gasteiger partial charge on any atom is 0.0415 e. The Bertz CT molecular complexity index is 405. The average Bonchev–Trinajstić information content (AvgIpc) is 2.34. The second-order valence-electron chi connectivity index (χ2n) is 5.17. The fourth-order valence-electron chi connectivity index (χ4n) is 2.60. The van der Waals surface area contributed by atoms with Gasteiger partial charge in [-0.3, -0.25) is 0 Å². The lowest BCUT2D eigenvalue weighted by Gasteiger charge is -2.40. The summed E-state index contributed by atoms with van der Waals surface area (Å²) in [6, 6.07) is 7.45. The van der Waals surface area contributed by atoms with E-state index in [-0.39, 0.29) is 0 Å². The van der Waals surface area contributed by atoms with E-state index in [1.807, 2.05) is 7.05 Å². The van der Waals surface area contributed by atoms with Gasteiger partial charge in [0.1, 0.15) is 0 Å². The molecule has 3 heteroatoms. The third kappa shape index (κ3) is 2.83. The molecule has 1 aromatic rings. The Morgan fingerprint density at radius 2 is 2.17 bits per heavy atom. The Hall–Kier alpha value is -0.670. The highest BCUT2D eigenvalue weighted by Gasteiger charge is 2.26. The van der Waals surface area contributed by atoms with E-state index < -0.39 is 0 Å². The summed E-state index contributed by atoms with van der Waals surface area (Å²) in [5, 5.41) is 4.00. The topological polar surface area (TPSA) is 15.3 Å². The number of hydrogen-bond acceptors (Lipinski definition) is 3. The smallest absolute Gasteiger partial charge is 0.0415 e. The molecular formula is C15H24N2S. The highest BCUT2D eigenvalue weighted by Crippen LogP contribution is 2.31. The molecule has 1 N–H and O–H groups in total. The van der Waals surface area contributed by atoms with Crippen LogP contribution >= 0.6 is 11.8 Å². The zero-order chi connectivity index (χ0) is 13.1. The Balaban J connectivity index is 2.31. The average molecular weight is 264 g/mol. The summed E-state index contributed by atoms with van der Waals surface area (Å²) < 4.78 is 0. The van der Waals surface area contributed by atoms with Gasteiger partial charge in [0.15, 0.2) is 0 Å². The van der Waals surface area contributed by atoms with E-state index >= 15 is 0 Å². The molecule has 2 unspecified atom stereocenters. The molecular weight excluding hydrogens is 240 g/mol. The monoisotopic (exact) mass is 264 g/mol. The van der Waals surface area contributed by atoms with E-state index in [9.17, 15) is 0 Å². The number of nitrogens with zero attached hydrogens (tertiary/aromatic N) is 1. The minimum atomic E-state index is 0.613. The SMILES string of the molecule is CNCc1cc(C)ccc1N1CCSC(C)C1C. The van der Waals surface area contributed by atoms with E-state index in [0.29, 0.717) is 11.3 Å². The van der Waals surface area contributed by atoms with Crippen LogP contribution in [0.4, 0.5) is 5.69 Å². The molecule has 0 aliphatic carbocycles. The Morgan fingerprint density at radius 1 is 1.39 bits per heavy atom. The van der Waals surface area contributed by atoms with Gasteiger partial charge in [-0.1, -0.05) is 24.6 Å². The van der Waals surface area contributed by atoms with E-state index in [1.165, 1.54) is 22.6 Å². The van der Waals surface area contributed by atoms with Gasteiger partial charge in [-0.2, -0.15) is 11.8 Å². The first-order valence-electron chi connectivity index (χ1n) is 6.76. The van der Waals surface area contributed by atoms with Crippen LogP contribution in [0, 0.1) is 6.92 Å². The minimum Gasteiger partial charge on any atom is -0.367 e. The van der Waals surface area contributed by atoms with Crippen LogP contribution in [0.3, 0.4) is 0 Å². The zero-order valence-electron chi connectivity index (χ0n) is 11.9. The molecule has 1 saturated heterocycles. The summed E-state index contributed by atoms with van der Waals surface area (Å²) in [6.45, 7) is 8.96. The van der Waals surface area contributed by atoms with Crippen molar-refractivity contribution in [3.05, 3.63) is 29.3 Å². The van der Waals surface area contributed by atoms with Crippen LogP contribution in [-0.4, -0.2) is 30.6 Å². The summed E-state index contributed by atoms with van der Waals surface area (Å²) in [6.07, 6.45) is 0. The number of benzene rings is 1. The fourth-order valence-corrected chi connectivity index (χ4v) is 3.70. The molecule has 1 heterocycles. The molecule has 1 fully saturated rings. The van der Waals surface area contributed by atoms with E-state index in [1.54, 1.807) is 0 Å². The van der Waals surface area contributed by atoms with Crippen molar-refractivity contribution in [2.45, 2.75) is 38.6 Å². The largest absolute Gasteiger partial charge is 0.367 e. The Morgan fingerprint density at radius 3 is 2.89 bits per heavy atom. The molecule has 0 bridgehead atoms. The maximum absolute atomic E-state index is 3.28. The lowest BCUT2D eigenvalue weighted by molar-refractivity contribution is 0.623. The standard InChI is InChI=1S/C15H24N2S/c1-11-5-6-15(14(9-11)10-16-4)17-7-8-18-13(3)12(17)2/h5-6,9,12-13,16H,7-8,10H2,1-4H3. The molecule has 18 heavy (non-hydrogen) atoms. The fraction of sp³-hybridized carbons (Fsp3) is 0.600. The van der Waals surface area contributed by atoms with Crippen LogP contribution in [0.2, 0.25) is 0 Å². The highest BCUT2D eigenvalue weighted by molar-refractivity contribution is 8.00. The summed E-state index contributed by atoms with van der Waals surface area (Å²) in [4.78, 5) is 2.58. The van der Waals surface area contributed by atoms with Gasteiger partial charge in [0, 0.05) is 35.8 Å². The lowest BCUT2D eigenvalue weighted by Crippen LogP contribution is -2.45. The van der Waals surface area contributed by atoms with Crippen LogP contribution in [-0.2, 0) is 6.54 Å². The minimum absolute atomic E-state index is 0.613. The maximum atomic E-state index is 3.28. The van der Waals surface area contributed by atoms with Crippen LogP contribution in [0.5, 0.6) is 0 Å². The third-order valence-electron chi connectivity index (χ3n) is 3.80. The van der Waals surface area contributed by atoms with Crippen LogP contribution in [0.15, 0.2) is 18.2 Å². The van der Waals surface area contributed by atoms with Crippen molar-refractivity contribution in [2.24, 2.45) is 0 Å². The second-order valence-corrected chi connectivity index (χ2v) is 6.66. The zero-order valence-corrected chi connectivity index (χ0v) is 12.7. The molecule has 2 rings (SSSR count). The molecule has 0 saturated carbocycles. The van der Waals surface area contributed by atoms with Gasteiger partial charge in [0.05, 0.1) is 0 Å². The molecule has 0 radical (unpaired) electrons. The first-order valence-corrected chi connectivity index (χ1v) is 7.80. The highest BCUT2D eigenvalue weighted by atomic mass is 32.2. The van der Waals surface area contributed by atoms with Crippen molar-refractivity contribution in [3.8, 4) is 0 Å². The van der Waals surface area contributed by atoms with Crippen molar-refractivity contribution in [1.82, 2.24) is 5.32 Å². The molecule has 2 nitrogen and oxygen atoms in total. The number of thioether (sulfide) groups is 1. The van der Waals surface area contributed by atoms with Crippen molar-refractivity contribution >= 4 is 17.4 Å². The molecule has 2 atom stereocenters. The van der Waals surface area contributed by atoms with Crippen molar-refractivity contribution < 1.29 is 0 Å². The van der Waals surface area contributed by atoms with Crippen LogP contribution < -0.4 is 10.2 Å². The van der Waals surface area contributed by atoms with Gasteiger partial charge in [-0.25, -0.2) is 0 Å². The third-order valence-corrected chi connectivity index (χ3v) is 5.13. The number of aryl methyl sites for hydroxylation is 1. The van der Waals surface area contributed by atoms with Crippen LogP contribution in [0.25, 0.3) is 0 Å². The quantitative estimate of drug-likeness (QED) is 0.903. The Labute approximate surface area is 115 Å². The summed E-state index contributed by atoms with van der Waals surface area (Å²) >= 11 is 2.09. The molecule has 0 spiro atoms. The van der Waals surface area contributed by atoms with Crippen molar-refractivity contribution in [2.75, 3.05) is 24.2 Å². The first kappa shape index (κ1) is 13.8. The van der Waals surface area contributed by atoms with Crippen molar-refractivity contribution in [1.29, 1.82) is 0 Å². The van der Waals surface area contributed by atoms with Crippen molar-refractivity contribution in [3.63, 3.8) is 0 Å². The normalized spacial score (nSPS) is 24.3. The molecule has 0 aromatic heterocycles. The van der Waals surface area contributed by atoms with Gasteiger partial charge in [0.25, 0.3) is 0 Å². The second kappa shape index (κ2) is 5.98. The number of hydrogen-bond donors (Lipinski definition) is 1. The van der Waals surface area contributed by atoms with Gasteiger partial charge in [-0.15, -0.1) is 0 Å². The van der Waals surface area contributed by atoms with E-state index in [0.717, 1.165) is 13.1 Å². The number of anilines is 1. The van der Waals surface area contributed by atoms with Gasteiger partial charge < -0.3 is 10.2 Å². The molecule has 1 aliphatic rings. The number of nitrogens with one attached hydrogen (secondary N) is 1. The molecule has 1 aliphatic heterocycles. The predicted molar refractivity (Wildman–Crippen MR) is 82.7 cm³/mol. The van der Waals surface area contributed by atoms with Gasteiger partial charge >= 0.3 is 0 Å². The number of rotatable bonds is 3. The molecule has 1 aromatic carbocycles. The summed E-state index contributed by atoms with van der Waals surface area (Å²) in [7, 11) is 2.02. The summed E-state index contributed by atoms with van der Waals surface area (Å²) in [5.41, 5.74) is 4.18. The van der Waals surface area contributed by atoms with E-state index in [2.05, 4.69) is 60.9 Å². The van der Waals surface area contributed by atoms with Gasteiger partial charge in [0.2, 0.25) is 0 Å². The predicted octanol–water partition coefficient (Wildman–Crippen LogP) is 3.04. The summed E-state index contributed by atoms with van der Waals surface area (Å²) in [5.74, 6) is 1.23. The first-order chi connectivity index (χ1) is 8.63. The lowest BCUT2D eigenvalue weighted by atomic mass is 10.1. The van der Waals surface area contributed by atoms with E-state index in [4.69, 9.17) is 0 Å². The molecule has 100 valence electrons. The molecule has 0 amide bonds. The van der Waals surface area contributed by atoms with Crippen LogP contribution in [0.1, 0.15) is 25.0 Å². The van der Waals surface area contributed by atoms with Gasteiger partial charge in [-0.05, 0) is 32.5 Å².